The number of rotatable bonds is 5. The lowest BCUT2D eigenvalue weighted by molar-refractivity contribution is 0.0521. The number of aliphatic hydroxyl groups excluding tert-OH is 1. The second kappa shape index (κ2) is 9.51. The van der Waals surface area contributed by atoms with E-state index < -0.39 is 52.4 Å². The molecule has 2 heterocycles. The van der Waals surface area contributed by atoms with Crippen molar-refractivity contribution in [3.8, 4) is 11.3 Å². The van der Waals surface area contributed by atoms with Crippen molar-refractivity contribution in [3.05, 3.63) is 77.0 Å². The van der Waals surface area contributed by atoms with Gasteiger partial charge in [0.15, 0.2) is 0 Å². The van der Waals surface area contributed by atoms with Gasteiger partial charge in [-0.2, -0.15) is 0 Å². The van der Waals surface area contributed by atoms with Crippen LogP contribution in [0, 0.1) is 23.4 Å². The van der Waals surface area contributed by atoms with E-state index in [0.29, 0.717) is 31.4 Å². The summed E-state index contributed by atoms with van der Waals surface area (Å²) in [4.78, 5) is 21.1. The second-order valence-corrected chi connectivity index (χ2v) is 10.1. The SMILES string of the molecule is C[C@H]1C[C@@H](c2ccncc2NC(=O)c2ccc(F)c(-c3c(F)cc(C4(O)CC4)cc3F)n2)C[C@@H](N)[C@@H]1O. The van der Waals surface area contributed by atoms with Crippen molar-refractivity contribution >= 4 is 11.6 Å². The number of pyridine rings is 2. The number of nitrogens with zero attached hydrogens (tertiary/aromatic N) is 2. The molecule has 0 spiro atoms. The predicted molar refractivity (Wildman–Crippen MR) is 130 cm³/mol. The summed E-state index contributed by atoms with van der Waals surface area (Å²) in [5.74, 6) is -3.96. The number of carbonyl (C=O) groups is 1. The Kier molecular flexibility index (Phi) is 6.51. The minimum absolute atomic E-state index is 0.0357. The van der Waals surface area contributed by atoms with Gasteiger partial charge in [-0.15, -0.1) is 0 Å². The molecule has 2 aliphatic carbocycles. The number of amides is 1. The van der Waals surface area contributed by atoms with Gasteiger partial charge in [0.1, 0.15) is 28.8 Å². The fraction of sp³-hybridized carbons (Fsp3) is 0.370. The summed E-state index contributed by atoms with van der Waals surface area (Å²) in [6, 6.07) is 5.33. The monoisotopic (exact) mass is 512 g/mol. The number of nitrogens with one attached hydrogen (secondary N) is 1. The highest BCUT2D eigenvalue weighted by Gasteiger charge is 2.43. The summed E-state index contributed by atoms with van der Waals surface area (Å²) in [5, 5.41) is 23.1. The van der Waals surface area contributed by atoms with Gasteiger partial charge in [0.05, 0.1) is 29.2 Å². The molecule has 1 aromatic carbocycles. The number of aliphatic hydroxyl groups is 2. The number of hydrogen-bond acceptors (Lipinski definition) is 6. The molecule has 2 aromatic heterocycles. The molecule has 7 nitrogen and oxygen atoms in total. The van der Waals surface area contributed by atoms with E-state index in [-0.39, 0.29) is 23.1 Å². The highest BCUT2D eigenvalue weighted by molar-refractivity contribution is 6.03. The molecule has 0 unspecified atom stereocenters. The quantitative estimate of drug-likeness (QED) is 0.410. The van der Waals surface area contributed by atoms with Crippen LogP contribution < -0.4 is 11.1 Å². The van der Waals surface area contributed by atoms with Crippen LogP contribution in [0.25, 0.3) is 11.3 Å². The first kappa shape index (κ1) is 25.3. The first-order valence-corrected chi connectivity index (χ1v) is 12.1. The van der Waals surface area contributed by atoms with Crippen LogP contribution in [0.5, 0.6) is 0 Å². The number of aromatic nitrogens is 2. The number of hydrogen-bond donors (Lipinski definition) is 4. The van der Waals surface area contributed by atoms with Crippen LogP contribution in [-0.4, -0.2) is 38.2 Å². The zero-order chi connectivity index (χ0) is 26.5. The van der Waals surface area contributed by atoms with E-state index in [1.165, 1.54) is 6.20 Å². The first-order chi connectivity index (χ1) is 17.6. The highest BCUT2D eigenvalue weighted by atomic mass is 19.1. The average molecular weight is 513 g/mol. The molecule has 0 radical (unpaired) electrons. The van der Waals surface area contributed by atoms with Crippen LogP contribution in [0.15, 0.2) is 42.7 Å². The number of carbonyl (C=O) groups excluding carboxylic acids is 1. The van der Waals surface area contributed by atoms with Crippen molar-refractivity contribution in [2.24, 2.45) is 11.7 Å². The maximum Gasteiger partial charge on any atom is 0.274 e. The summed E-state index contributed by atoms with van der Waals surface area (Å²) < 4.78 is 44.4. The molecule has 5 N–H and O–H groups in total. The molecule has 0 aliphatic heterocycles. The number of nitrogens with two attached hydrogens (primary N) is 1. The van der Waals surface area contributed by atoms with Crippen LogP contribution in [0.1, 0.15) is 60.1 Å². The summed E-state index contributed by atoms with van der Waals surface area (Å²) >= 11 is 0. The molecule has 5 rings (SSSR count). The number of halogens is 3. The lowest BCUT2D eigenvalue weighted by Gasteiger charge is -2.36. The van der Waals surface area contributed by atoms with E-state index in [1.807, 2.05) is 6.92 Å². The fourth-order valence-corrected chi connectivity index (χ4v) is 5.10. The van der Waals surface area contributed by atoms with Gasteiger partial charge in [-0.1, -0.05) is 6.92 Å². The fourth-order valence-electron chi connectivity index (χ4n) is 5.10. The summed E-state index contributed by atoms with van der Waals surface area (Å²) in [6.45, 7) is 1.91. The molecule has 2 saturated carbocycles. The maximum atomic E-state index is 14.9. The molecular weight excluding hydrogens is 485 g/mol. The standard InChI is InChI=1S/C27H27F3N4O3/c1-13-8-14(9-20(31)25(13)35)16-4-7-32-12-22(16)34-26(36)21-3-2-17(28)24(33-21)23-18(29)10-15(11-19(23)30)27(37)5-6-27/h2-4,7,10-14,20,25,35,37H,5-6,8-9,31H2,1H3,(H,34,36)/t13-,14+,20+,25+/m0/s1. The highest BCUT2D eigenvalue weighted by Crippen LogP contribution is 2.46. The number of anilines is 1. The van der Waals surface area contributed by atoms with E-state index in [2.05, 4.69) is 15.3 Å². The van der Waals surface area contributed by atoms with Gasteiger partial charge >= 0.3 is 0 Å². The van der Waals surface area contributed by atoms with Gasteiger partial charge in [0.2, 0.25) is 0 Å². The van der Waals surface area contributed by atoms with E-state index >= 15 is 0 Å². The first-order valence-electron chi connectivity index (χ1n) is 12.1. The van der Waals surface area contributed by atoms with Crippen molar-refractivity contribution in [3.63, 3.8) is 0 Å². The average Bonchev–Trinajstić information content (AvgIpc) is 3.61. The van der Waals surface area contributed by atoms with Gasteiger partial charge in [-0.05, 0) is 79.0 Å². The van der Waals surface area contributed by atoms with Gasteiger partial charge in [-0.25, -0.2) is 18.2 Å². The Labute approximate surface area is 211 Å². The Morgan fingerprint density at radius 2 is 1.81 bits per heavy atom. The largest absolute Gasteiger partial charge is 0.391 e. The molecular formula is C27H27F3N4O3. The maximum absolute atomic E-state index is 14.9. The Bertz CT molecular complexity index is 1330. The zero-order valence-electron chi connectivity index (χ0n) is 20.1. The van der Waals surface area contributed by atoms with Gasteiger partial charge in [0.25, 0.3) is 5.91 Å². The molecule has 194 valence electrons. The molecule has 2 fully saturated rings. The lowest BCUT2D eigenvalue weighted by Crippen LogP contribution is -2.44. The van der Waals surface area contributed by atoms with Crippen molar-refractivity contribution in [1.29, 1.82) is 0 Å². The van der Waals surface area contributed by atoms with E-state index in [1.54, 1.807) is 12.3 Å². The summed E-state index contributed by atoms with van der Waals surface area (Å²) in [6.07, 6.45) is 4.39. The minimum Gasteiger partial charge on any atom is -0.391 e. The van der Waals surface area contributed by atoms with E-state index in [9.17, 15) is 28.2 Å². The molecule has 2 aliphatic rings. The van der Waals surface area contributed by atoms with Crippen molar-refractivity contribution in [2.45, 2.75) is 56.3 Å². The van der Waals surface area contributed by atoms with E-state index in [4.69, 9.17) is 5.73 Å². The van der Waals surface area contributed by atoms with Gasteiger partial charge < -0.3 is 21.3 Å². The minimum atomic E-state index is -1.27. The van der Waals surface area contributed by atoms with Crippen LogP contribution in [-0.2, 0) is 5.60 Å². The predicted octanol–water partition coefficient (Wildman–Crippen LogP) is 4.00. The van der Waals surface area contributed by atoms with Crippen molar-refractivity contribution in [2.75, 3.05) is 5.32 Å². The molecule has 3 aromatic rings. The molecule has 0 bridgehead atoms. The Morgan fingerprint density at radius 3 is 2.46 bits per heavy atom. The molecule has 1 amide bonds. The Morgan fingerprint density at radius 1 is 1.11 bits per heavy atom. The third kappa shape index (κ3) is 4.84. The lowest BCUT2D eigenvalue weighted by atomic mass is 9.74. The van der Waals surface area contributed by atoms with Crippen LogP contribution in [0.3, 0.4) is 0 Å². The molecule has 37 heavy (non-hydrogen) atoms. The second-order valence-electron chi connectivity index (χ2n) is 10.1. The molecule has 0 saturated heterocycles. The van der Waals surface area contributed by atoms with Gasteiger partial charge in [-0.3, -0.25) is 9.78 Å². The molecule has 4 atom stereocenters. The smallest absolute Gasteiger partial charge is 0.274 e. The number of benzene rings is 1. The molecule has 10 heteroatoms. The van der Waals surface area contributed by atoms with Crippen LogP contribution >= 0.6 is 0 Å². The van der Waals surface area contributed by atoms with Gasteiger partial charge in [0, 0.05) is 12.2 Å². The zero-order valence-corrected chi connectivity index (χ0v) is 20.1. The van der Waals surface area contributed by atoms with E-state index in [0.717, 1.165) is 29.8 Å². The summed E-state index contributed by atoms with van der Waals surface area (Å²) in [5.41, 5.74) is 4.49. The third-order valence-corrected chi connectivity index (χ3v) is 7.40. The normalized spacial score (nSPS) is 24.5. The van der Waals surface area contributed by atoms with Crippen molar-refractivity contribution < 1.29 is 28.2 Å². The Hall–Kier alpha value is -3.34. The Balaban J connectivity index is 1.43. The summed E-state index contributed by atoms with van der Waals surface area (Å²) in [7, 11) is 0. The third-order valence-electron chi connectivity index (χ3n) is 7.40. The van der Waals surface area contributed by atoms with Crippen LogP contribution in [0.4, 0.5) is 18.9 Å². The van der Waals surface area contributed by atoms with Crippen molar-refractivity contribution in [1.82, 2.24) is 9.97 Å². The van der Waals surface area contributed by atoms with Crippen LogP contribution in [0.2, 0.25) is 0 Å². The topological polar surface area (TPSA) is 121 Å².